The Morgan fingerprint density at radius 1 is 0.889 bits per heavy atom. The number of aromatic nitrogens is 1. The van der Waals surface area contributed by atoms with Crippen molar-refractivity contribution in [2.75, 3.05) is 36.1 Å². The Morgan fingerprint density at radius 3 is 2.36 bits per heavy atom. The summed E-state index contributed by atoms with van der Waals surface area (Å²) in [5.41, 5.74) is 4.05. The molecule has 0 radical (unpaired) electrons. The van der Waals surface area contributed by atoms with Gasteiger partial charge in [0.1, 0.15) is 17.6 Å². The minimum absolute atomic E-state index is 0.165. The lowest BCUT2D eigenvalue weighted by atomic mass is 10.0. The molecule has 2 aromatic heterocycles. The van der Waals surface area contributed by atoms with E-state index in [2.05, 4.69) is 44.4 Å². The number of ether oxygens (including phenoxy) is 1. The van der Waals surface area contributed by atoms with Gasteiger partial charge in [0, 0.05) is 41.2 Å². The van der Waals surface area contributed by atoms with E-state index < -0.39 is 0 Å². The lowest BCUT2D eigenvalue weighted by molar-refractivity contribution is 0.122. The fourth-order valence-corrected chi connectivity index (χ4v) is 5.32. The maximum atomic E-state index is 6.43. The second kappa shape index (κ2) is 9.93. The fourth-order valence-electron chi connectivity index (χ4n) is 4.85. The number of thiocarbonyl (C=S) groups is 1. The van der Waals surface area contributed by atoms with E-state index in [-0.39, 0.29) is 12.1 Å². The minimum atomic E-state index is -0.206. The number of morpholine rings is 1. The molecule has 2 aliphatic rings. The molecular formula is C28H25ClN4O2S. The lowest BCUT2D eigenvalue weighted by Gasteiger charge is -2.30. The van der Waals surface area contributed by atoms with Crippen molar-refractivity contribution in [3.63, 3.8) is 0 Å². The van der Waals surface area contributed by atoms with Crippen LogP contribution < -0.4 is 15.1 Å². The third-order valence-corrected chi connectivity index (χ3v) is 7.22. The minimum Gasteiger partial charge on any atom is -0.459 e. The molecule has 0 bridgehead atoms. The number of nitrogens with one attached hydrogen (secondary N) is 1. The van der Waals surface area contributed by atoms with Crippen molar-refractivity contribution in [3.8, 4) is 11.3 Å². The molecule has 8 heteroatoms. The largest absolute Gasteiger partial charge is 0.459 e. The highest BCUT2D eigenvalue weighted by molar-refractivity contribution is 7.80. The number of nitrogens with zero attached hydrogens (tertiary/aromatic N) is 3. The number of anilines is 2. The zero-order valence-corrected chi connectivity index (χ0v) is 21.1. The lowest BCUT2D eigenvalue weighted by Crippen LogP contribution is -2.36. The number of furan rings is 1. The molecule has 36 heavy (non-hydrogen) atoms. The molecule has 182 valence electrons. The number of hydrogen-bond donors (Lipinski definition) is 1. The Bertz CT molecular complexity index is 1340. The Labute approximate surface area is 220 Å². The predicted molar refractivity (Wildman–Crippen MR) is 147 cm³/mol. The van der Waals surface area contributed by atoms with E-state index in [0.29, 0.717) is 10.1 Å². The standard InChI is InChI=1S/C28H25ClN4O2S/c29-20-6-4-19(5-7-20)24-12-13-25(35-24)27-26(23-3-1-2-14-30-23)31-28(36)33(27)22-10-8-21(9-11-22)32-15-17-34-18-16-32/h1-14,26-27H,15-18H2,(H,31,36). The fraction of sp³-hybridized carbons (Fsp3) is 0.214. The van der Waals surface area contributed by atoms with E-state index in [0.717, 1.165) is 54.8 Å². The van der Waals surface area contributed by atoms with Gasteiger partial charge in [-0.05, 0) is 85.0 Å². The van der Waals surface area contributed by atoms with Crippen LogP contribution in [0.5, 0.6) is 0 Å². The number of rotatable bonds is 5. The summed E-state index contributed by atoms with van der Waals surface area (Å²) in [5.74, 6) is 1.59. The first-order valence-electron chi connectivity index (χ1n) is 12.0. The first-order chi connectivity index (χ1) is 17.7. The quantitative estimate of drug-likeness (QED) is 0.326. The van der Waals surface area contributed by atoms with Crippen molar-refractivity contribution in [3.05, 3.63) is 102 Å². The molecule has 0 spiro atoms. The smallest absolute Gasteiger partial charge is 0.174 e. The number of benzene rings is 2. The molecule has 6 nitrogen and oxygen atoms in total. The van der Waals surface area contributed by atoms with Crippen LogP contribution in [0.15, 0.2) is 89.5 Å². The molecule has 2 aliphatic heterocycles. The maximum absolute atomic E-state index is 6.43. The van der Waals surface area contributed by atoms with E-state index in [1.807, 2.05) is 54.6 Å². The van der Waals surface area contributed by atoms with Gasteiger partial charge < -0.3 is 24.3 Å². The Hall–Kier alpha value is -3.39. The summed E-state index contributed by atoms with van der Waals surface area (Å²) >= 11 is 11.9. The summed E-state index contributed by atoms with van der Waals surface area (Å²) in [4.78, 5) is 9.09. The number of halogens is 1. The van der Waals surface area contributed by atoms with Gasteiger partial charge in [-0.15, -0.1) is 0 Å². The normalized spacial score (nSPS) is 20.0. The highest BCUT2D eigenvalue weighted by Gasteiger charge is 2.42. The average Bonchev–Trinajstić information content (AvgIpc) is 3.55. The summed E-state index contributed by atoms with van der Waals surface area (Å²) < 4.78 is 11.9. The van der Waals surface area contributed by atoms with Gasteiger partial charge in [-0.25, -0.2) is 0 Å². The van der Waals surface area contributed by atoms with Gasteiger partial charge in [0.2, 0.25) is 0 Å². The van der Waals surface area contributed by atoms with Crippen LogP contribution in [0.1, 0.15) is 23.5 Å². The van der Waals surface area contributed by atoms with Gasteiger partial charge in [0.15, 0.2) is 5.11 Å². The molecule has 0 amide bonds. The summed E-state index contributed by atoms with van der Waals surface area (Å²) in [7, 11) is 0. The van der Waals surface area contributed by atoms with Crippen molar-refractivity contribution < 1.29 is 9.15 Å². The monoisotopic (exact) mass is 516 g/mol. The molecular weight excluding hydrogens is 492 g/mol. The second-order valence-corrected chi connectivity index (χ2v) is 9.64. The van der Waals surface area contributed by atoms with Crippen molar-refractivity contribution in [1.29, 1.82) is 0 Å². The number of pyridine rings is 1. The van der Waals surface area contributed by atoms with E-state index in [4.69, 9.17) is 33.0 Å². The molecule has 2 fully saturated rings. The molecule has 6 rings (SSSR count). The third kappa shape index (κ3) is 4.46. The Balaban J connectivity index is 1.37. The van der Waals surface area contributed by atoms with Crippen LogP contribution >= 0.6 is 23.8 Å². The summed E-state index contributed by atoms with van der Waals surface area (Å²) in [6.07, 6.45) is 1.80. The molecule has 0 aliphatic carbocycles. The van der Waals surface area contributed by atoms with E-state index in [1.54, 1.807) is 6.20 Å². The first-order valence-corrected chi connectivity index (χ1v) is 12.7. The van der Waals surface area contributed by atoms with E-state index in [9.17, 15) is 0 Å². The molecule has 1 N–H and O–H groups in total. The maximum Gasteiger partial charge on any atom is 0.174 e. The van der Waals surface area contributed by atoms with Crippen LogP contribution in [-0.2, 0) is 4.74 Å². The third-order valence-electron chi connectivity index (χ3n) is 6.65. The molecule has 2 unspecified atom stereocenters. The zero-order valence-electron chi connectivity index (χ0n) is 19.5. The van der Waals surface area contributed by atoms with Crippen LogP contribution in [0.2, 0.25) is 5.02 Å². The molecule has 2 atom stereocenters. The summed E-state index contributed by atoms with van der Waals surface area (Å²) in [6.45, 7) is 3.30. The zero-order chi connectivity index (χ0) is 24.5. The highest BCUT2D eigenvalue weighted by Crippen LogP contribution is 2.43. The van der Waals surface area contributed by atoms with Crippen molar-refractivity contribution in [2.24, 2.45) is 0 Å². The second-order valence-electron chi connectivity index (χ2n) is 8.82. The Morgan fingerprint density at radius 2 is 1.64 bits per heavy atom. The van der Waals surface area contributed by atoms with Crippen molar-refractivity contribution in [1.82, 2.24) is 10.3 Å². The van der Waals surface area contributed by atoms with E-state index in [1.165, 1.54) is 5.69 Å². The van der Waals surface area contributed by atoms with Crippen LogP contribution in [0.25, 0.3) is 11.3 Å². The van der Waals surface area contributed by atoms with Gasteiger partial charge in [-0.2, -0.15) is 0 Å². The van der Waals surface area contributed by atoms with Gasteiger partial charge in [0.05, 0.1) is 24.9 Å². The predicted octanol–water partition coefficient (Wildman–Crippen LogP) is 6.01. The topological polar surface area (TPSA) is 53.8 Å². The highest BCUT2D eigenvalue weighted by atomic mass is 35.5. The summed E-state index contributed by atoms with van der Waals surface area (Å²) in [5, 5.41) is 4.82. The van der Waals surface area contributed by atoms with E-state index >= 15 is 0 Å². The van der Waals surface area contributed by atoms with Crippen molar-refractivity contribution >= 4 is 40.3 Å². The van der Waals surface area contributed by atoms with Gasteiger partial charge in [-0.1, -0.05) is 17.7 Å². The van der Waals surface area contributed by atoms with Crippen LogP contribution in [0, 0.1) is 0 Å². The van der Waals surface area contributed by atoms with Crippen LogP contribution in [-0.4, -0.2) is 36.4 Å². The van der Waals surface area contributed by atoms with Gasteiger partial charge >= 0.3 is 0 Å². The first kappa shape index (κ1) is 23.0. The molecule has 2 aromatic carbocycles. The average molecular weight is 517 g/mol. The number of hydrogen-bond acceptors (Lipinski definition) is 5. The van der Waals surface area contributed by atoms with Gasteiger partial charge in [-0.3, -0.25) is 4.98 Å². The SMILES string of the molecule is S=C1NC(c2ccccn2)C(c2ccc(-c3ccc(Cl)cc3)o2)N1c1ccc(N2CCOCC2)cc1. The molecule has 2 saturated heterocycles. The molecule has 4 aromatic rings. The van der Waals surface area contributed by atoms with Crippen molar-refractivity contribution in [2.45, 2.75) is 12.1 Å². The summed E-state index contributed by atoms with van der Waals surface area (Å²) in [6, 6.07) is 25.8. The molecule has 4 heterocycles. The molecule has 0 saturated carbocycles. The van der Waals surface area contributed by atoms with Crippen LogP contribution in [0.4, 0.5) is 11.4 Å². The Kier molecular flexibility index (Phi) is 6.35. The van der Waals surface area contributed by atoms with Gasteiger partial charge in [0.25, 0.3) is 0 Å². The van der Waals surface area contributed by atoms with Crippen LogP contribution in [0.3, 0.4) is 0 Å².